The van der Waals surface area contributed by atoms with E-state index in [1.807, 2.05) is 0 Å². The molecule has 3 N–H and O–H groups in total. The Bertz CT molecular complexity index is 306. The summed E-state index contributed by atoms with van der Waals surface area (Å²) in [7, 11) is 0. The minimum Gasteiger partial charge on any atom is -0.444 e. The molecule has 1 aliphatic rings. The predicted molar refractivity (Wildman–Crippen MR) is 68.0 cm³/mol. The highest BCUT2D eigenvalue weighted by Crippen LogP contribution is 2.15. The molecule has 0 bridgehead atoms. The van der Waals surface area contributed by atoms with E-state index in [0.29, 0.717) is 6.54 Å². The number of carbonyl (C=O) groups excluding carboxylic acids is 2. The van der Waals surface area contributed by atoms with Crippen LogP contribution in [0.15, 0.2) is 0 Å². The van der Waals surface area contributed by atoms with Gasteiger partial charge in [-0.15, -0.1) is 0 Å². The van der Waals surface area contributed by atoms with Crippen molar-refractivity contribution in [1.82, 2.24) is 10.2 Å². The maximum atomic E-state index is 12.1. The normalized spacial score (nSPS) is 20.3. The SMILES string of the molecule is CC(C)(C)OC(=O)N(CC(N)=O)C1CCCNC1. The van der Waals surface area contributed by atoms with E-state index in [1.54, 1.807) is 20.8 Å². The molecule has 6 heteroatoms. The zero-order valence-corrected chi connectivity index (χ0v) is 11.4. The molecule has 0 aliphatic carbocycles. The van der Waals surface area contributed by atoms with Crippen molar-refractivity contribution in [2.24, 2.45) is 5.73 Å². The fourth-order valence-electron chi connectivity index (χ4n) is 1.93. The Morgan fingerprint density at radius 1 is 1.44 bits per heavy atom. The average molecular weight is 257 g/mol. The maximum absolute atomic E-state index is 12.1. The van der Waals surface area contributed by atoms with E-state index in [2.05, 4.69) is 5.32 Å². The van der Waals surface area contributed by atoms with Gasteiger partial charge in [-0.1, -0.05) is 0 Å². The molecule has 0 radical (unpaired) electrons. The summed E-state index contributed by atoms with van der Waals surface area (Å²) in [6, 6.07) is -0.0268. The number of carbonyl (C=O) groups is 2. The van der Waals surface area contributed by atoms with E-state index in [-0.39, 0.29) is 12.6 Å². The smallest absolute Gasteiger partial charge is 0.411 e. The highest BCUT2D eigenvalue weighted by Gasteiger charge is 2.30. The summed E-state index contributed by atoms with van der Waals surface area (Å²) in [6.07, 6.45) is 1.36. The monoisotopic (exact) mass is 257 g/mol. The van der Waals surface area contributed by atoms with Crippen molar-refractivity contribution in [2.75, 3.05) is 19.6 Å². The molecule has 0 saturated carbocycles. The van der Waals surface area contributed by atoms with Gasteiger partial charge in [0.2, 0.25) is 5.91 Å². The molecular weight excluding hydrogens is 234 g/mol. The molecule has 0 aromatic heterocycles. The Morgan fingerprint density at radius 2 is 2.11 bits per heavy atom. The number of nitrogens with zero attached hydrogens (tertiary/aromatic N) is 1. The van der Waals surface area contributed by atoms with Crippen LogP contribution in [0.5, 0.6) is 0 Å². The minimum absolute atomic E-state index is 0.0268. The largest absolute Gasteiger partial charge is 0.444 e. The molecule has 0 aromatic carbocycles. The van der Waals surface area contributed by atoms with Crippen LogP contribution in [0.4, 0.5) is 4.79 Å². The first-order valence-corrected chi connectivity index (χ1v) is 6.28. The van der Waals surface area contributed by atoms with Gasteiger partial charge in [-0.2, -0.15) is 0 Å². The quantitative estimate of drug-likeness (QED) is 0.769. The molecule has 1 saturated heterocycles. The third-order valence-corrected chi connectivity index (χ3v) is 2.67. The molecule has 1 aliphatic heterocycles. The van der Waals surface area contributed by atoms with Crippen molar-refractivity contribution in [1.29, 1.82) is 0 Å². The zero-order valence-electron chi connectivity index (χ0n) is 11.4. The molecule has 1 heterocycles. The summed E-state index contributed by atoms with van der Waals surface area (Å²) >= 11 is 0. The molecule has 1 fully saturated rings. The van der Waals surface area contributed by atoms with Crippen LogP contribution in [0.25, 0.3) is 0 Å². The van der Waals surface area contributed by atoms with E-state index in [0.717, 1.165) is 19.4 Å². The molecule has 0 spiro atoms. The van der Waals surface area contributed by atoms with Crippen molar-refractivity contribution >= 4 is 12.0 Å². The Kier molecular flexibility index (Phi) is 4.95. The second-order valence-corrected chi connectivity index (χ2v) is 5.57. The summed E-state index contributed by atoms with van der Waals surface area (Å²) in [4.78, 5) is 24.6. The van der Waals surface area contributed by atoms with Crippen molar-refractivity contribution in [3.8, 4) is 0 Å². The van der Waals surface area contributed by atoms with E-state index in [9.17, 15) is 9.59 Å². The van der Waals surface area contributed by atoms with Gasteiger partial charge in [0.1, 0.15) is 12.1 Å². The van der Waals surface area contributed by atoms with E-state index >= 15 is 0 Å². The fourth-order valence-corrected chi connectivity index (χ4v) is 1.93. The van der Waals surface area contributed by atoms with Gasteiger partial charge in [0.05, 0.1) is 0 Å². The van der Waals surface area contributed by atoms with E-state index in [4.69, 9.17) is 10.5 Å². The lowest BCUT2D eigenvalue weighted by molar-refractivity contribution is -0.119. The van der Waals surface area contributed by atoms with Gasteiger partial charge < -0.3 is 15.8 Å². The topological polar surface area (TPSA) is 84.7 Å². The number of primary amides is 1. The molecule has 2 amide bonds. The Labute approximate surface area is 108 Å². The number of piperidine rings is 1. The Balaban J connectivity index is 2.70. The zero-order chi connectivity index (χ0) is 13.8. The van der Waals surface area contributed by atoms with Gasteiger partial charge in [0, 0.05) is 12.6 Å². The summed E-state index contributed by atoms with van der Waals surface area (Å²) in [6.45, 7) is 6.91. The fraction of sp³-hybridized carbons (Fsp3) is 0.833. The first-order chi connectivity index (χ1) is 8.29. The van der Waals surface area contributed by atoms with Crippen LogP contribution in [0.3, 0.4) is 0 Å². The van der Waals surface area contributed by atoms with Crippen LogP contribution in [0, 0.1) is 0 Å². The molecular formula is C12H23N3O3. The standard InChI is InChI=1S/C12H23N3O3/c1-12(2,3)18-11(17)15(8-10(13)16)9-5-4-6-14-7-9/h9,14H,4-8H2,1-3H3,(H2,13,16). The summed E-state index contributed by atoms with van der Waals surface area (Å²) in [5.41, 5.74) is 4.62. The molecule has 0 aromatic rings. The van der Waals surface area contributed by atoms with Gasteiger partial charge in [0.25, 0.3) is 0 Å². The lowest BCUT2D eigenvalue weighted by Gasteiger charge is -2.35. The second kappa shape index (κ2) is 6.04. The Morgan fingerprint density at radius 3 is 2.56 bits per heavy atom. The highest BCUT2D eigenvalue weighted by atomic mass is 16.6. The van der Waals surface area contributed by atoms with Crippen LogP contribution < -0.4 is 11.1 Å². The lowest BCUT2D eigenvalue weighted by Crippen LogP contribution is -2.52. The third-order valence-electron chi connectivity index (χ3n) is 2.67. The predicted octanol–water partition coefficient (Wildman–Crippen LogP) is 0.461. The molecule has 1 atom stereocenters. The average Bonchev–Trinajstić information content (AvgIpc) is 2.24. The van der Waals surface area contributed by atoms with Crippen LogP contribution >= 0.6 is 0 Å². The summed E-state index contributed by atoms with van der Waals surface area (Å²) < 4.78 is 5.31. The van der Waals surface area contributed by atoms with Gasteiger partial charge in [-0.3, -0.25) is 9.69 Å². The third kappa shape index (κ3) is 4.91. The number of nitrogens with one attached hydrogen (secondary N) is 1. The van der Waals surface area contributed by atoms with Crippen molar-refractivity contribution in [2.45, 2.75) is 45.3 Å². The molecule has 1 unspecified atom stereocenters. The Hall–Kier alpha value is -1.30. The lowest BCUT2D eigenvalue weighted by atomic mass is 10.1. The van der Waals surface area contributed by atoms with Gasteiger partial charge in [0.15, 0.2) is 0 Å². The maximum Gasteiger partial charge on any atom is 0.411 e. The van der Waals surface area contributed by atoms with Gasteiger partial charge in [-0.25, -0.2) is 4.79 Å². The second-order valence-electron chi connectivity index (χ2n) is 5.57. The van der Waals surface area contributed by atoms with Gasteiger partial charge in [-0.05, 0) is 40.2 Å². The number of amides is 2. The van der Waals surface area contributed by atoms with Crippen LogP contribution in [0.1, 0.15) is 33.6 Å². The number of nitrogens with two attached hydrogens (primary N) is 1. The first-order valence-electron chi connectivity index (χ1n) is 6.28. The van der Waals surface area contributed by atoms with Crippen LogP contribution in [0.2, 0.25) is 0 Å². The van der Waals surface area contributed by atoms with E-state index < -0.39 is 17.6 Å². The number of hydrogen-bond donors (Lipinski definition) is 2. The molecule has 104 valence electrons. The molecule has 1 rings (SSSR count). The number of ether oxygens (including phenoxy) is 1. The van der Waals surface area contributed by atoms with Crippen LogP contribution in [-0.2, 0) is 9.53 Å². The first kappa shape index (κ1) is 14.8. The minimum atomic E-state index is -0.574. The van der Waals surface area contributed by atoms with Crippen LogP contribution in [-0.4, -0.2) is 48.2 Å². The van der Waals surface area contributed by atoms with Crippen molar-refractivity contribution in [3.63, 3.8) is 0 Å². The molecule has 18 heavy (non-hydrogen) atoms. The highest BCUT2D eigenvalue weighted by molar-refractivity contribution is 5.81. The molecule has 6 nitrogen and oxygen atoms in total. The number of hydrogen-bond acceptors (Lipinski definition) is 4. The summed E-state index contributed by atoms with van der Waals surface area (Å²) in [5, 5.41) is 3.20. The van der Waals surface area contributed by atoms with Crippen molar-refractivity contribution < 1.29 is 14.3 Å². The van der Waals surface area contributed by atoms with Gasteiger partial charge >= 0.3 is 6.09 Å². The van der Waals surface area contributed by atoms with E-state index in [1.165, 1.54) is 4.90 Å². The number of rotatable bonds is 3. The summed E-state index contributed by atoms with van der Waals surface area (Å²) in [5.74, 6) is -0.522. The van der Waals surface area contributed by atoms with Crippen molar-refractivity contribution in [3.05, 3.63) is 0 Å².